The Morgan fingerprint density at radius 3 is 1.41 bits per heavy atom. The van der Waals surface area contributed by atoms with E-state index in [0.717, 1.165) is 5.88 Å². The van der Waals surface area contributed by atoms with E-state index >= 15 is 0 Å². The van der Waals surface area contributed by atoms with Crippen molar-refractivity contribution < 1.29 is 21.5 Å². The average molecular weight is 399 g/mol. The zero-order chi connectivity index (χ0) is 15.8. The Balaban J connectivity index is 0. The fraction of sp³-hybridized carbons (Fsp3) is 1.00. The van der Waals surface area contributed by atoms with Crippen molar-refractivity contribution in [3.05, 3.63) is 0 Å². The van der Waals surface area contributed by atoms with Crippen LogP contribution in [0.15, 0.2) is 0 Å². The van der Waals surface area contributed by atoms with Gasteiger partial charge in [0.2, 0.25) is 0 Å². The van der Waals surface area contributed by atoms with Crippen molar-refractivity contribution >= 4 is 11.6 Å². The fourth-order valence-corrected chi connectivity index (χ4v) is 3.31. The monoisotopic (exact) mass is 397 g/mol. The molecule has 0 heterocycles. The average Bonchev–Trinajstić information content (AvgIpc) is 2.48. The molecule has 0 aliphatic carbocycles. The maximum atomic E-state index is 5.84. The molecule has 0 spiro atoms. The molecule has 0 aliphatic heterocycles. The first kappa shape index (κ1) is 25.0. The Kier molecular flexibility index (Phi) is 20.5. The molecule has 0 aromatic carbocycles. The number of hydrogen-bond donors (Lipinski definition) is 0. The summed E-state index contributed by atoms with van der Waals surface area (Å²) < 4.78 is 1.29. The summed E-state index contributed by atoms with van der Waals surface area (Å²) in [6.07, 6.45) is 16.5. The molecule has 1 nitrogen and oxygen atoms in total. The lowest BCUT2D eigenvalue weighted by atomic mass is 10.1. The molecule has 1 atom stereocenters. The van der Waals surface area contributed by atoms with E-state index in [-0.39, 0.29) is 17.0 Å². The number of quaternary nitrogens is 1. The molecule has 22 heavy (non-hydrogen) atoms. The first-order valence-electron chi connectivity index (χ1n) is 9.58. The van der Waals surface area contributed by atoms with E-state index in [2.05, 4.69) is 20.9 Å². The highest BCUT2D eigenvalue weighted by Gasteiger charge is 2.19. The summed E-state index contributed by atoms with van der Waals surface area (Å²) >= 11 is 5.84. The van der Waals surface area contributed by atoms with Gasteiger partial charge < -0.3 is 21.5 Å². The Bertz CT molecular complexity index is 214. The van der Waals surface area contributed by atoms with Crippen molar-refractivity contribution in [2.75, 3.05) is 32.6 Å². The van der Waals surface area contributed by atoms with Gasteiger partial charge in [0.1, 0.15) is 0 Å². The molecule has 0 amide bonds. The first-order chi connectivity index (χ1) is 10.2. The normalized spacial score (nSPS) is 13.6. The summed E-state index contributed by atoms with van der Waals surface area (Å²) in [5, 5.41) is 0. The predicted molar refractivity (Wildman–Crippen MR) is 98.3 cm³/mol. The third kappa shape index (κ3) is 15.6. The molecule has 136 valence electrons. The van der Waals surface area contributed by atoms with Crippen molar-refractivity contribution in [2.45, 2.75) is 90.9 Å². The van der Waals surface area contributed by atoms with Crippen molar-refractivity contribution in [3.8, 4) is 0 Å². The number of nitrogens with zero attached hydrogens (tertiary/aromatic N) is 1. The molecular weight excluding hydrogens is 358 g/mol. The van der Waals surface area contributed by atoms with Crippen molar-refractivity contribution in [3.63, 3.8) is 0 Å². The Morgan fingerprint density at radius 1 is 0.591 bits per heavy atom. The van der Waals surface area contributed by atoms with Gasteiger partial charge in [-0.2, -0.15) is 0 Å². The fourth-order valence-electron chi connectivity index (χ4n) is 3.12. The van der Waals surface area contributed by atoms with E-state index in [1.165, 1.54) is 101 Å². The molecule has 0 aromatic rings. The number of rotatable bonds is 16. The van der Waals surface area contributed by atoms with Gasteiger partial charge in [-0.3, -0.25) is 0 Å². The van der Waals surface area contributed by atoms with Crippen molar-refractivity contribution in [2.24, 2.45) is 0 Å². The second kappa shape index (κ2) is 18.1. The molecule has 0 N–H and O–H groups in total. The third-order valence-electron chi connectivity index (χ3n) is 4.68. The number of alkyl halides is 1. The largest absolute Gasteiger partial charge is 1.00 e. The molecule has 0 fully saturated rings. The summed E-state index contributed by atoms with van der Waals surface area (Å²) in [5.41, 5.74) is 0. The maximum absolute atomic E-state index is 5.84. The summed E-state index contributed by atoms with van der Waals surface area (Å²) in [4.78, 5) is 0. The topological polar surface area (TPSA) is 0 Å². The van der Waals surface area contributed by atoms with Crippen LogP contribution in [0.4, 0.5) is 0 Å². The molecule has 0 saturated carbocycles. The van der Waals surface area contributed by atoms with E-state index in [1.54, 1.807) is 0 Å². The van der Waals surface area contributed by atoms with Gasteiger partial charge in [-0.25, -0.2) is 0 Å². The Morgan fingerprint density at radius 2 is 0.955 bits per heavy atom. The van der Waals surface area contributed by atoms with Crippen LogP contribution in [0.3, 0.4) is 0 Å². The van der Waals surface area contributed by atoms with Crippen molar-refractivity contribution in [1.82, 2.24) is 0 Å². The molecule has 0 radical (unpaired) electrons. The molecule has 0 bridgehead atoms. The van der Waals surface area contributed by atoms with E-state index in [1.807, 2.05) is 0 Å². The molecule has 3 heteroatoms. The second-order valence-electron chi connectivity index (χ2n) is 7.01. The lowest BCUT2D eigenvalue weighted by molar-refractivity contribution is -0.910. The van der Waals surface area contributed by atoms with Crippen LogP contribution in [0.25, 0.3) is 0 Å². The molecule has 0 rings (SSSR count). The lowest BCUT2D eigenvalue weighted by Gasteiger charge is -2.35. The van der Waals surface area contributed by atoms with Gasteiger partial charge in [-0.15, -0.1) is 11.6 Å². The van der Waals surface area contributed by atoms with Crippen LogP contribution in [-0.2, 0) is 0 Å². The molecule has 0 aromatic heterocycles. The molecule has 0 aliphatic rings. The zero-order valence-electron chi connectivity index (χ0n) is 15.5. The number of halogens is 2. The van der Waals surface area contributed by atoms with Gasteiger partial charge in [0, 0.05) is 5.88 Å². The molecule has 1 unspecified atom stereocenters. The van der Waals surface area contributed by atoms with Gasteiger partial charge in [0.05, 0.1) is 26.7 Å². The van der Waals surface area contributed by atoms with Gasteiger partial charge in [0.25, 0.3) is 0 Å². The van der Waals surface area contributed by atoms with Gasteiger partial charge in [-0.05, 0) is 38.5 Å². The number of hydrogen-bond acceptors (Lipinski definition) is 0. The van der Waals surface area contributed by atoms with Crippen LogP contribution in [0.5, 0.6) is 0 Å². The van der Waals surface area contributed by atoms with Gasteiger partial charge in [0.15, 0.2) is 0 Å². The Hall–Kier alpha value is 0.730. The predicted octanol–water partition coefficient (Wildman–Crippen LogP) is 3.40. The standard InChI is InChI=1S/C19H41ClN.BrH/c1-4-6-8-10-11-14-18-21(3,19-15-12-16-20)17-13-9-7-5-2;/h4-19H2,1-3H3;1H/q+1;/p-1. The van der Waals surface area contributed by atoms with E-state index in [4.69, 9.17) is 11.6 Å². The van der Waals surface area contributed by atoms with E-state index < -0.39 is 0 Å². The van der Waals surface area contributed by atoms with Crippen LogP contribution < -0.4 is 17.0 Å². The van der Waals surface area contributed by atoms with Crippen molar-refractivity contribution in [1.29, 1.82) is 0 Å². The van der Waals surface area contributed by atoms with E-state index in [9.17, 15) is 0 Å². The quantitative estimate of drug-likeness (QED) is 0.212. The van der Waals surface area contributed by atoms with Crippen LogP contribution >= 0.6 is 11.6 Å². The minimum absolute atomic E-state index is 0. The number of unbranched alkanes of at least 4 members (excludes halogenated alkanes) is 9. The van der Waals surface area contributed by atoms with Crippen LogP contribution in [-0.4, -0.2) is 37.0 Å². The minimum Gasteiger partial charge on any atom is -1.00 e. The Labute approximate surface area is 156 Å². The zero-order valence-corrected chi connectivity index (χ0v) is 17.9. The summed E-state index contributed by atoms with van der Waals surface area (Å²) in [6.45, 7) is 8.66. The lowest BCUT2D eigenvalue weighted by Crippen LogP contribution is -3.00. The van der Waals surface area contributed by atoms with Crippen LogP contribution in [0.2, 0.25) is 0 Å². The highest BCUT2D eigenvalue weighted by atomic mass is 79.9. The second-order valence-corrected chi connectivity index (χ2v) is 7.39. The summed E-state index contributed by atoms with van der Waals surface area (Å²) in [6, 6.07) is 0. The van der Waals surface area contributed by atoms with E-state index in [0.29, 0.717) is 0 Å². The summed E-state index contributed by atoms with van der Waals surface area (Å²) in [7, 11) is 2.48. The summed E-state index contributed by atoms with van der Waals surface area (Å²) in [5.74, 6) is 0.826. The van der Waals surface area contributed by atoms with Gasteiger partial charge in [-0.1, -0.05) is 52.4 Å². The van der Waals surface area contributed by atoms with Crippen LogP contribution in [0, 0.1) is 0 Å². The van der Waals surface area contributed by atoms with Crippen LogP contribution in [0.1, 0.15) is 90.9 Å². The SMILES string of the molecule is CCCCCCCC[N+](C)(CCCCCl)CCCCCC.[Br-]. The highest BCUT2D eigenvalue weighted by Crippen LogP contribution is 2.14. The maximum Gasteiger partial charge on any atom is 0.0784 e. The first-order valence-corrected chi connectivity index (χ1v) is 10.1. The minimum atomic E-state index is 0. The molecule has 0 saturated heterocycles. The smallest absolute Gasteiger partial charge is 0.0784 e. The molecular formula is C19H41BrClN. The van der Waals surface area contributed by atoms with Gasteiger partial charge >= 0.3 is 0 Å². The highest BCUT2D eigenvalue weighted by molar-refractivity contribution is 6.17. The third-order valence-corrected chi connectivity index (χ3v) is 4.95.